The zero-order chi connectivity index (χ0) is 31.7. The van der Waals surface area contributed by atoms with E-state index in [0.29, 0.717) is 42.8 Å². The van der Waals surface area contributed by atoms with Gasteiger partial charge in [-0.1, -0.05) is 54.1 Å². The number of nitrogens with zero attached hydrogens (tertiary/aromatic N) is 3. The summed E-state index contributed by atoms with van der Waals surface area (Å²) in [7, 11) is 0. The SMILES string of the molecule is CCOC(=O)C1=C(C)N(Cc2cccc(C(=O)N3CCC(n4c(=O)[nH]c5ccccc54)CC3)c2)C(=O)CC1c1ccc(C)cc1. The third kappa shape index (κ3) is 5.94. The Morgan fingerprint density at radius 3 is 2.40 bits per heavy atom. The van der Waals surface area contributed by atoms with Gasteiger partial charge in [0.2, 0.25) is 5.91 Å². The van der Waals surface area contributed by atoms with Crippen LogP contribution in [0.5, 0.6) is 0 Å². The summed E-state index contributed by atoms with van der Waals surface area (Å²) in [5.74, 6) is -0.965. The van der Waals surface area contributed by atoms with Crippen LogP contribution in [-0.2, 0) is 20.9 Å². The van der Waals surface area contributed by atoms with E-state index < -0.39 is 5.97 Å². The van der Waals surface area contributed by atoms with Gasteiger partial charge in [0.15, 0.2) is 0 Å². The summed E-state index contributed by atoms with van der Waals surface area (Å²) in [5.41, 5.74) is 5.98. The molecule has 9 heteroatoms. The molecule has 0 bridgehead atoms. The molecular formula is C36H38N4O5. The van der Waals surface area contributed by atoms with E-state index in [1.54, 1.807) is 24.8 Å². The van der Waals surface area contributed by atoms with Gasteiger partial charge in [0.05, 0.1) is 29.8 Å². The second-order valence-corrected chi connectivity index (χ2v) is 11.9. The second kappa shape index (κ2) is 12.6. The summed E-state index contributed by atoms with van der Waals surface area (Å²) >= 11 is 0. The van der Waals surface area contributed by atoms with E-state index in [4.69, 9.17) is 4.74 Å². The van der Waals surface area contributed by atoms with Crippen molar-refractivity contribution in [3.8, 4) is 0 Å². The van der Waals surface area contributed by atoms with Gasteiger partial charge in [-0.2, -0.15) is 0 Å². The number of carbonyl (C=O) groups is 3. The van der Waals surface area contributed by atoms with Crippen molar-refractivity contribution in [3.63, 3.8) is 0 Å². The fourth-order valence-corrected chi connectivity index (χ4v) is 6.69. The Bertz CT molecular complexity index is 1840. The summed E-state index contributed by atoms with van der Waals surface area (Å²) in [6, 6.07) is 22.9. The van der Waals surface area contributed by atoms with Crippen molar-refractivity contribution in [2.75, 3.05) is 19.7 Å². The number of nitrogens with one attached hydrogen (secondary N) is 1. The Labute approximate surface area is 262 Å². The number of imidazole rings is 1. The van der Waals surface area contributed by atoms with Gasteiger partial charge in [0.1, 0.15) is 0 Å². The number of amides is 2. The summed E-state index contributed by atoms with van der Waals surface area (Å²) < 4.78 is 7.25. The molecule has 1 fully saturated rings. The molecule has 1 saturated heterocycles. The fraction of sp³-hybridized carbons (Fsp3) is 0.333. The van der Waals surface area contributed by atoms with E-state index in [2.05, 4.69) is 4.98 Å². The smallest absolute Gasteiger partial charge is 0.336 e. The molecule has 1 unspecified atom stereocenters. The Morgan fingerprint density at radius 1 is 0.933 bits per heavy atom. The lowest BCUT2D eigenvalue weighted by molar-refractivity contribution is -0.140. The van der Waals surface area contributed by atoms with E-state index in [0.717, 1.165) is 27.7 Å². The molecule has 6 rings (SSSR count). The minimum Gasteiger partial charge on any atom is -0.463 e. The molecule has 45 heavy (non-hydrogen) atoms. The van der Waals surface area contributed by atoms with Gasteiger partial charge in [-0.25, -0.2) is 9.59 Å². The van der Waals surface area contributed by atoms with Crippen molar-refractivity contribution in [3.05, 3.63) is 117 Å². The molecule has 2 amide bonds. The number of fused-ring (bicyclic) bond motifs is 1. The maximum Gasteiger partial charge on any atom is 0.336 e. The van der Waals surface area contributed by atoms with Crippen molar-refractivity contribution in [2.24, 2.45) is 0 Å². The van der Waals surface area contributed by atoms with Gasteiger partial charge < -0.3 is 19.5 Å². The molecule has 1 N–H and O–H groups in total. The van der Waals surface area contributed by atoms with E-state index in [1.807, 2.05) is 83.1 Å². The molecule has 1 atom stereocenters. The molecule has 9 nitrogen and oxygen atoms in total. The number of esters is 1. The van der Waals surface area contributed by atoms with Crippen LogP contribution in [0.15, 0.2) is 88.9 Å². The van der Waals surface area contributed by atoms with Crippen molar-refractivity contribution in [1.29, 1.82) is 0 Å². The second-order valence-electron chi connectivity index (χ2n) is 11.9. The van der Waals surface area contributed by atoms with Gasteiger partial charge in [-0.3, -0.25) is 14.2 Å². The molecule has 4 aromatic rings. The lowest BCUT2D eigenvalue weighted by atomic mass is 9.83. The number of H-pyrrole nitrogens is 1. The van der Waals surface area contributed by atoms with Crippen molar-refractivity contribution in [1.82, 2.24) is 19.4 Å². The topological polar surface area (TPSA) is 105 Å². The number of hydrogen-bond donors (Lipinski definition) is 1. The normalized spacial score (nSPS) is 17.7. The molecule has 1 aromatic heterocycles. The molecule has 0 spiro atoms. The van der Waals surface area contributed by atoms with Gasteiger partial charge >= 0.3 is 11.7 Å². The van der Waals surface area contributed by atoms with Crippen LogP contribution in [0.3, 0.4) is 0 Å². The maximum atomic E-state index is 13.6. The number of likely N-dealkylation sites (tertiary alicyclic amines) is 1. The highest BCUT2D eigenvalue weighted by Gasteiger charge is 2.37. The molecule has 3 aromatic carbocycles. The van der Waals surface area contributed by atoms with Crippen LogP contribution in [0.1, 0.15) is 72.1 Å². The number of aryl methyl sites for hydroxylation is 1. The van der Waals surface area contributed by atoms with Gasteiger partial charge in [-0.15, -0.1) is 0 Å². The van der Waals surface area contributed by atoms with E-state index in [9.17, 15) is 19.2 Å². The summed E-state index contributed by atoms with van der Waals surface area (Å²) in [4.78, 5) is 59.4. The maximum absolute atomic E-state index is 13.6. The Balaban J connectivity index is 1.19. The summed E-state index contributed by atoms with van der Waals surface area (Å²) in [6.07, 6.45) is 1.51. The molecule has 232 valence electrons. The van der Waals surface area contributed by atoms with Crippen LogP contribution < -0.4 is 5.69 Å². The van der Waals surface area contributed by atoms with Crippen LogP contribution in [0.2, 0.25) is 0 Å². The minimum atomic E-state index is -0.416. The Morgan fingerprint density at radius 2 is 1.67 bits per heavy atom. The van der Waals surface area contributed by atoms with Crippen LogP contribution in [0, 0.1) is 6.92 Å². The monoisotopic (exact) mass is 606 g/mol. The van der Waals surface area contributed by atoms with Crippen molar-refractivity contribution >= 4 is 28.8 Å². The molecule has 0 saturated carbocycles. The zero-order valence-corrected chi connectivity index (χ0v) is 25.9. The zero-order valence-electron chi connectivity index (χ0n) is 25.9. The number of ether oxygens (including phenoxy) is 1. The number of piperidine rings is 1. The highest BCUT2D eigenvalue weighted by Crippen LogP contribution is 2.38. The van der Waals surface area contributed by atoms with E-state index in [-0.39, 0.29) is 49.0 Å². The number of hydrogen-bond acceptors (Lipinski definition) is 5. The average Bonchev–Trinajstić information content (AvgIpc) is 3.38. The molecular weight excluding hydrogens is 568 g/mol. The Kier molecular flexibility index (Phi) is 8.43. The predicted molar refractivity (Wildman–Crippen MR) is 172 cm³/mol. The minimum absolute atomic E-state index is 0.0150. The molecule has 0 aliphatic carbocycles. The molecule has 2 aliphatic rings. The van der Waals surface area contributed by atoms with Gasteiger partial charge in [-0.05, 0) is 69.0 Å². The van der Waals surface area contributed by atoms with Crippen LogP contribution in [-0.4, -0.2) is 56.8 Å². The van der Waals surface area contributed by atoms with Crippen LogP contribution in [0.25, 0.3) is 11.0 Å². The Hall–Kier alpha value is -4.92. The molecule has 0 radical (unpaired) electrons. The van der Waals surface area contributed by atoms with Gasteiger partial charge in [0.25, 0.3) is 5.91 Å². The predicted octanol–water partition coefficient (Wildman–Crippen LogP) is 5.47. The largest absolute Gasteiger partial charge is 0.463 e. The number of aromatic amines is 1. The number of para-hydroxylation sites is 2. The fourth-order valence-electron chi connectivity index (χ4n) is 6.69. The summed E-state index contributed by atoms with van der Waals surface area (Å²) in [5, 5.41) is 0. The summed E-state index contributed by atoms with van der Waals surface area (Å²) in [6.45, 7) is 7.12. The highest BCUT2D eigenvalue weighted by molar-refractivity contribution is 5.96. The number of benzene rings is 3. The number of carbonyl (C=O) groups excluding carboxylic acids is 3. The number of rotatable bonds is 7. The lowest BCUT2D eigenvalue weighted by Crippen LogP contribution is -2.40. The van der Waals surface area contributed by atoms with Gasteiger partial charge in [0, 0.05) is 42.7 Å². The first-order valence-corrected chi connectivity index (χ1v) is 15.6. The van der Waals surface area contributed by atoms with E-state index >= 15 is 0 Å². The first-order chi connectivity index (χ1) is 21.7. The first-order valence-electron chi connectivity index (χ1n) is 15.6. The third-order valence-electron chi connectivity index (χ3n) is 9.05. The first kappa shape index (κ1) is 30.1. The molecule has 3 heterocycles. The number of aromatic nitrogens is 2. The van der Waals surface area contributed by atoms with Crippen molar-refractivity contribution in [2.45, 2.75) is 58.5 Å². The van der Waals surface area contributed by atoms with Crippen molar-refractivity contribution < 1.29 is 19.1 Å². The standard InChI is InChI=1S/C36H38N4O5/c1-4-45-35(43)33-24(3)39(32(41)21-29(33)26-14-12-23(2)13-15-26)22-25-8-7-9-27(20-25)34(42)38-18-16-28(17-19-38)40-31-11-6-5-10-30(31)37-36(40)44/h5-15,20,28-29H,4,16-19,21-22H2,1-3H3,(H,37,44). The quantitative estimate of drug-likeness (QED) is 0.281. The lowest BCUT2D eigenvalue weighted by Gasteiger charge is -2.35. The van der Waals surface area contributed by atoms with E-state index in [1.165, 1.54) is 0 Å². The average molecular weight is 607 g/mol. The van der Waals surface area contributed by atoms with Crippen LogP contribution >= 0.6 is 0 Å². The highest BCUT2D eigenvalue weighted by atomic mass is 16.5. The third-order valence-corrected chi connectivity index (χ3v) is 9.05. The number of allylic oxidation sites excluding steroid dienone is 1. The van der Waals surface area contributed by atoms with Crippen LogP contribution in [0.4, 0.5) is 0 Å². The molecule has 2 aliphatic heterocycles.